The Hall–Kier alpha value is -1.81. The van der Waals surface area contributed by atoms with Crippen LogP contribution in [0.1, 0.15) is 29.5 Å². The van der Waals surface area contributed by atoms with E-state index in [1.165, 1.54) is 0 Å². The van der Waals surface area contributed by atoms with Crippen LogP contribution in [0.25, 0.3) is 11.0 Å². The molecule has 1 aromatic heterocycles. The molecule has 2 aromatic rings. The van der Waals surface area contributed by atoms with Gasteiger partial charge in [-0.15, -0.1) is 0 Å². The third kappa shape index (κ3) is 2.02. The molecule has 0 spiro atoms. The Morgan fingerprint density at radius 1 is 1.42 bits per heavy atom. The molecule has 0 radical (unpaired) electrons. The standard InChI is InChI=1S/C15H18N2O2/c1-9-3-4-13-11(7-9)8-14(19-13)15(18)17-6-5-12(16)10(17)2/h3-4,7-8,10,12H,5-6,16H2,1-2H3. The summed E-state index contributed by atoms with van der Waals surface area (Å²) < 4.78 is 5.65. The van der Waals surface area contributed by atoms with E-state index in [0.29, 0.717) is 12.3 Å². The summed E-state index contributed by atoms with van der Waals surface area (Å²) in [5.74, 6) is 0.343. The highest BCUT2D eigenvalue weighted by molar-refractivity contribution is 5.96. The number of carbonyl (C=O) groups excluding carboxylic acids is 1. The lowest BCUT2D eigenvalue weighted by Crippen LogP contribution is -2.40. The summed E-state index contributed by atoms with van der Waals surface area (Å²) >= 11 is 0. The summed E-state index contributed by atoms with van der Waals surface area (Å²) in [6.45, 7) is 4.72. The van der Waals surface area contributed by atoms with Gasteiger partial charge < -0.3 is 15.1 Å². The van der Waals surface area contributed by atoms with Crippen molar-refractivity contribution in [3.8, 4) is 0 Å². The van der Waals surface area contributed by atoms with Crippen molar-refractivity contribution in [2.24, 2.45) is 5.73 Å². The number of nitrogens with zero attached hydrogens (tertiary/aromatic N) is 1. The predicted molar refractivity (Wildman–Crippen MR) is 74.0 cm³/mol. The van der Waals surface area contributed by atoms with Crippen LogP contribution in [-0.4, -0.2) is 29.4 Å². The van der Waals surface area contributed by atoms with E-state index in [-0.39, 0.29) is 18.0 Å². The lowest BCUT2D eigenvalue weighted by molar-refractivity contribution is 0.0713. The fourth-order valence-corrected chi connectivity index (χ4v) is 2.66. The van der Waals surface area contributed by atoms with Crippen molar-refractivity contribution in [1.82, 2.24) is 4.90 Å². The van der Waals surface area contributed by atoms with Crippen LogP contribution in [0.2, 0.25) is 0 Å². The molecule has 100 valence electrons. The molecule has 0 saturated carbocycles. The van der Waals surface area contributed by atoms with Crippen molar-refractivity contribution >= 4 is 16.9 Å². The van der Waals surface area contributed by atoms with Gasteiger partial charge in [-0.05, 0) is 38.5 Å². The molecule has 4 heteroatoms. The van der Waals surface area contributed by atoms with Crippen LogP contribution in [0.4, 0.5) is 0 Å². The molecule has 1 amide bonds. The minimum Gasteiger partial charge on any atom is -0.451 e. The van der Waals surface area contributed by atoms with E-state index in [0.717, 1.165) is 23.0 Å². The Bertz CT molecular complexity index is 632. The monoisotopic (exact) mass is 258 g/mol. The normalized spacial score (nSPS) is 23.2. The number of benzene rings is 1. The molecule has 1 aliphatic rings. The Labute approximate surface area is 112 Å². The topological polar surface area (TPSA) is 59.5 Å². The van der Waals surface area contributed by atoms with E-state index >= 15 is 0 Å². The quantitative estimate of drug-likeness (QED) is 0.853. The molecule has 1 aliphatic heterocycles. The second kappa shape index (κ2) is 4.38. The van der Waals surface area contributed by atoms with Crippen molar-refractivity contribution in [3.63, 3.8) is 0 Å². The number of fused-ring (bicyclic) bond motifs is 1. The largest absolute Gasteiger partial charge is 0.451 e. The smallest absolute Gasteiger partial charge is 0.289 e. The van der Waals surface area contributed by atoms with Gasteiger partial charge in [0, 0.05) is 24.0 Å². The highest BCUT2D eigenvalue weighted by Gasteiger charge is 2.33. The van der Waals surface area contributed by atoms with Crippen LogP contribution in [0.15, 0.2) is 28.7 Å². The minimum absolute atomic E-state index is 0.0608. The number of furan rings is 1. The van der Waals surface area contributed by atoms with Gasteiger partial charge in [-0.2, -0.15) is 0 Å². The molecule has 1 fully saturated rings. The van der Waals surface area contributed by atoms with E-state index in [9.17, 15) is 4.79 Å². The maximum Gasteiger partial charge on any atom is 0.289 e. The third-order valence-corrected chi connectivity index (χ3v) is 3.96. The number of likely N-dealkylation sites (tertiary alicyclic amines) is 1. The Kier molecular flexibility index (Phi) is 2.82. The van der Waals surface area contributed by atoms with Gasteiger partial charge in [0.25, 0.3) is 5.91 Å². The zero-order chi connectivity index (χ0) is 13.6. The maximum absolute atomic E-state index is 12.4. The lowest BCUT2D eigenvalue weighted by Gasteiger charge is -2.21. The second-order valence-corrected chi connectivity index (χ2v) is 5.34. The van der Waals surface area contributed by atoms with E-state index < -0.39 is 0 Å². The van der Waals surface area contributed by atoms with Crippen molar-refractivity contribution in [2.75, 3.05) is 6.54 Å². The van der Waals surface area contributed by atoms with Crippen molar-refractivity contribution in [1.29, 1.82) is 0 Å². The van der Waals surface area contributed by atoms with Crippen LogP contribution < -0.4 is 5.73 Å². The zero-order valence-corrected chi connectivity index (χ0v) is 11.2. The van der Waals surface area contributed by atoms with Crippen molar-refractivity contribution in [3.05, 3.63) is 35.6 Å². The third-order valence-electron chi connectivity index (χ3n) is 3.96. The molecule has 1 aromatic carbocycles. The number of hydrogen-bond donors (Lipinski definition) is 1. The Morgan fingerprint density at radius 3 is 2.89 bits per heavy atom. The average Bonchev–Trinajstić information content (AvgIpc) is 2.93. The highest BCUT2D eigenvalue weighted by Crippen LogP contribution is 2.24. The van der Waals surface area contributed by atoms with E-state index in [2.05, 4.69) is 0 Å². The zero-order valence-electron chi connectivity index (χ0n) is 11.2. The fourth-order valence-electron chi connectivity index (χ4n) is 2.66. The molecule has 19 heavy (non-hydrogen) atoms. The number of nitrogens with two attached hydrogens (primary N) is 1. The molecule has 4 nitrogen and oxygen atoms in total. The molecule has 2 unspecified atom stereocenters. The van der Waals surface area contributed by atoms with Crippen molar-refractivity contribution < 1.29 is 9.21 Å². The molecule has 2 heterocycles. The Morgan fingerprint density at radius 2 is 2.21 bits per heavy atom. The summed E-state index contributed by atoms with van der Waals surface area (Å²) in [6.07, 6.45) is 0.853. The average molecular weight is 258 g/mol. The van der Waals surface area contributed by atoms with E-state index in [1.54, 1.807) is 4.90 Å². The van der Waals surface area contributed by atoms with Crippen LogP contribution in [0.5, 0.6) is 0 Å². The SMILES string of the molecule is Cc1ccc2oc(C(=O)N3CCC(N)C3C)cc2c1. The molecule has 2 N–H and O–H groups in total. The number of carbonyl (C=O) groups is 1. The van der Waals surface area contributed by atoms with Crippen LogP contribution in [0.3, 0.4) is 0 Å². The summed E-state index contributed by atoms with van der Waals surface area (Å²) in [5.41, 5.74) is 7.87. The van der Waals surface area contributed by atoms with Gasteiger partial charge >= 0.3 is 0 Å². The van der Waals surface area contributed by atoms with Gasteiger partial charge in [0.15, 0.2) is 5.76 Å². The number of aryl methyl sites for hydroxylation is 1. The molecular weight excluding hydrogens is 240 g/mol. The first-order valence-corrected chi connectivity index (χ1v) is 6.63. The van der Waals surface area contributed by atoms with E-state index in [4.69, 9.17) is 10.2 Å². The van der Waals surface area contributed by atoms with Gasteiger partial charge in [-0.1, -0.05) is 11.6 Å². The van der Waals surface area contributed by atoms with Gasteiger partial charge in [-0.25, -0.2) is 0 Å². The summed E-state index contributed by atoms with van der Waals surface area (Å²) in [4.78, 5) is 14.2. The summed E-state index contributed by atoms with van der Waals surface area (Å²) in [7, 11) is 0. The number of amides is 1. The van der Waals surface area contributed by atoms with E-state index in [1.807, 2.05) is 38.1 Å². The molecular formula is C15H18N2O2. The molecule has 2 atom stereocenters. The molecule has 0 aliphatic carbocycles. The molecule has 1 saturated heterocycles. The summed E-state index contributed by atoms with van der Waals surface area (Å²) in [5, 5.41) is 0.972. The van der Waals surface area contributed by atoms with Gasteiger partial charge in [0.2, 0.25) is 0 Å². The first kappa shape index (κ1) is 12.2. The van der Waals surface area contributed by atoms with Crippen LogP contribution in [0, 0.1) is 6.92 Å². The fraction of sp³-hybridized carbons (Fsp3) is 0.400. The second-order valence-electron chi connectivity index (χ2n) is 5.34. The van der Waals surface area contributed by atoms with Crippen molar-refractivity contribution in [2.45, 2.75) is 32.4 Å². The molecule has 0 bridgehead atoms. The van der Waals surface area contributed by atoms with Crippen LogP contribution in [-0.2, 0) is 0 Å². The van der Waals surface area contributed by atoms with Gasteiger partial charge in [-0.3, -0.25) is 4.79 Å². The summed E-state index contributed by atoms with van der Waals surface area (Å²) in [6, 6.07) is 7.86. The van der Waals surface area contributed by atoms with Gasteiger partial charge in [0.05, 0.1) is 0 Å². The first-order chi connectivity index (χ1) is 9.06. The van der Waals surface area contributed by atoms with Gasteiger partial charge in [0.1, 0.15) is 5.58 Å². The number of rotatable bonds is 1. The number of hydrogen-bond acceptors (Lipinski definition) is 3. The lowest BCUT2D eigenvalue weighted by atomic mass is 10.1. The maximum atomic E-state index is 12.4. The predicted octanol–water partition coefficient (Wildman–Crippen LogP) is 2.30. The highest BCUT2D eigenvalue weighted by atomic mass is 16.3. The minimum atomic E-state index is -0.0608. The van der Waals surface area contributed by atoms with Crippen LogP contribution >= 0.6 is 0 Å². The first-order valence-electron chi connectivity index (χ1n) is 6.63. The Balaban J connectivity index is 1.93. The molecule has 3 rings (SSSR count).